The highest BCUT2D eigenvalue weighted by Crippen LogP contribution is 2.28. The summed E-state index contributed by atoms with van der Waals surface area (Å²) in [6.45, 7) is 2.49. The van der Waals surface area contributed by atoms with Gasteiger partial charge in [-0.1, -0.05) is 18.2 Å². The Morgan fingerprint density at radius 2 is 2.14 bits per heavy atom. The van der Waals surface area contributed by atoms with Crippen LogP contribution in [0.25, 0.3) is 0 Å². The Hall–Kier alpha value is -1.89. The van der Waals surface area contributed by atoms with E-state index < -0.39 is 12.0 Å². The van der Waals surface area contributed by atoms with E-state index in [2.05, 4.69) is 5.32 Å². The maximum atomic E-state index is 12.1. The van der Waals surface area contributed by atoms with Gasteiger partial charge in [-0.3, -0.25) is 4.90 Å². The van der Waals surface area contributed by atoms with Crippen LogP contribution in [0.4, 0.5) is 4.79 Å². The van der Waals surface area contributed by atoms with E-state index in [1.807, 2.05) is 37.3 Å². The van der Waals surface area contributed by atoms with Crippen molar-refractivity contribution in [2.24, 2.45) is 0 Å². The van der Waals surface area contributed by atoms with E-state index in [1.54, 1.807) is 0 Å². The van der Waals surface area contributed by atoms with Crippen LogP contribution in [0.2, 0.25) is 0 Å². The lowest BCUT2D eigenvalue weighted by atomic mass is 10.3. The van der Waals surface area contributed by atoms with Crippen molar-refractivity contribution >= 4 is 23.8 Å². The molecule has 1 aliphatic heterocycles. The van der Waals surface area contributed by atoms with Gasteiger partial charge in [0.25, 0.3) is 0 Å². The fraction of sp³-hybridized carbons (Fsp3) is 0.429. The number of carbonyl (C=O) groups excluding carboxylic acids is 1. The molecule has 114 valence electrons. The van der Waals surface area contributed by atoms with Crippen molar-refractivity contribution < 1.29 is 19.4 Å². The number of carboxylic acids is 1. The number of ether oxygens (including phenoxy) is 1. The average molecular weight is 310 g/mol. The number of carbonyl (C=O) groups is 2. The van der Waals surface area contributed by atoms with E-state index in [9.17, 15) is 9.59 Å². The van der Waals surface area contributed by atoms with Gasteiger partial charge in [-0.25, -0.2) is 9.59 Å². The summed E-state index contributed by atoms with van der Waals surface area (Å²) in [4.78, 5) is 24.6. The third-order valence-electron chi connectivity index (χ3n) is 3.13. The van der Waals surface area contributed by atoms with Crippen LogP contribution in [0.15, 0.2) is 30.3 Å². The maximum absolute atomic E-state index is 12.1. The highest BCUT2D eigenvalue weighted by molar-refractivity contribution is 8.00. The monoisotopic (exact) mass is 310 g/mol. The fourth-order valence-corrected chi connectivity index (χ4v) is 3.24. The molecule has 0 saturated carbocycles. The Morgan fingerprint density at radius 3 is 2.81 bits per heavy atom. The summed E-state index contributed by atoms with van der Waals surface area (Å²) >= 11 is 1.46. The summed E-state index contributed by atoms with van der Waals surface area (Å²) in [5.41, 5.74) is 0. The van der Waals surface area contributed by atoms with Crippen molar-refractivity contribution in [2.75, 3.05) is 18.9 Å². The molecule has 0 spiro atoms. The number of amides is 2. The molecule has 2 atom stereocenters. The molecular weight excluding hydrogens is 292 g/mol. The van der Waals surface area contributed by atoms with Crippen molar-refractivity contribution in [1.82, 2.24) is 10.2 Å². The van der Waals surface area contributed by atoms with Gasteiger partial charge in [0.2, 0.25) is 0 Å². The third-order valence-corrected chi connectivity index (χ3v) is 4.35. The Labute approximate surface area is 127 Å². The van der Waals surface area contributed by atoms with Crippen molar-refractivity contribution in [3.05, 3.63) is 30.3 Å². The summed E-state index contributed by atoms with van der Waals surface area (Å²) in [5, 5.41) is 11.7. The van der Waals surface area contributed by atoms with E-state index in [0.717, 1.165) is 5.75 Å². The van der Waals surface area contributed by atoms with Gasteiger partial charge in [-0.05, 0) is 19.1 Å². The quantitative estimate of drug-likeness (QED) is 0.808. The van der Waals surface area contributed by atoms with Gasteiger partial charge < -0.3 is 15.2 Å². The minimum Gasteiger partial charge on any atom is -0.492 e. The molecular formula is C14H18N2O4S. The molecule has 0 bridgehead atoms. The summed E-state index contributed by atoms with van der Waals surface area (Å²) in [7, 11) is 0. The molecule has 7 heteroatoms. The van der Waals surface area contributed by atoms with Crippen molar-refractivity contribution in [3.63, 3.8) is 0 Å². The van der Waals surface area contributed by atoms with Crippen LogP contribution in [-0.2, 0) is 4.79 Å². The van der Waals surface area contributed by atoms with E-state index in [0.29, 0.717) is 18.9 Å². The number of rotatable bonds is 5. The number of hydrogen-bond acceptors (Lipinski definition) is 4. The molecule has 1 saturated heterocycles. The second-order valence-electron chi connectivity index (χ2n) is 4.59. The standard InChI is InChI=1S/C14H18N2O4S/c1-10-16(12(9-21-10)13(17)18)14(19)15-7-8-20-11-5-3-2-4-6-11/h2-6,10,12H,7-9H2,1H3,(H,15,19)(H,17,18). The van der Waals surface area contributed by atoms with E-state index in [4.69, 9.17) is 9.84 Å². The van der Waals surface area contributed by atoms with Gasteiger partial charge in [-0.15, -0.1) is 11.8 Å². The van der Waals surface area contributed by atoms with E-state index in [1.165, 1.54) is 16.7 Å². The predicted octanol–water partition coefficient (Wildman–Crippen LogP) is 1.62. The van der Waals surface area contributed by atoms with E-state index in [-0.39, 0.29) is 11.4 Å². The average Bonchev–Trinajstić information content (AvgIpc) is 2.86. The lowest BCUT2D eigenvalue weighted by Crippen LogP contribution is -2.50. The number of carboxylic acid groups (broad SMARTS) is 1. The van der Waals surface area contributed by atoms with Gasteiger partial charge in [0.1, 0.15) is 18.4 Å². The van der Waals surface area contributed by atoms with Gasteiger partial charge >= 0.3 is 12.0 Å². The van der Waals surface area contributed by atoms with Gasteiger partial charge in [-0.2, -0.15) is 0 Å². The molecule has 2 unspecified atom stereocenters. The van der Waals surface area contributed by atoms with Gasteiger partial charge in [0.05, 0.1) is 11.9 Å². The van der Waals surface area contributed by atoms with Crippen molar-refractivity contribution in [1.29, 1.82) is 0 Å². The number of urea groups is 1. The number of aliphatic carboxylic acids is 1. The first-order valence-electron chi connectivity index (χ1n) is 6.68. The molecule has 2 N–H and O–H groups in total. The lowest BCUT2D eigenvalue weighted by Gasteiger charge is -2.25. The minimum absolute atomic E-state index is 0.138. The lowest BCUT2D eigenvalue weighted by molar-refractivity contribution is -0.141. The summed E-state index contributed by atoms with van der Waals surface area (Å²) in [6.07, 6.45) is 0. The minimum atomic E-state index is -0.970. The Balaban J connectivity index is 1.77. The summed E-state index contributed by atoms with van der Waals surface area (Å²) in [5.74, 6) is 0.188. The van der Waals surface area contributed by atoms with Crippen LogP contribution < -0.4 is 10.1 Å². The predicted molar refractivity (Wildman–Crippen MR) is 80.5 cm³/mol. The normalized spacial score (nSPS) is 21.1. The molecule has 1 fully saturated rings. The van der Waals surface area contributed by atoms with E-state index >= 15 is 0 Å². The second-order valence-corrected chi connectivity index (χ2v) is 5.94. The SMILES string of the molecule is CC1SCC(C(=O)O)N1C(=O)NCCOc1ccccc1. The molecule has 0 aromatic heterocycles. The van der Waals surface area contributed by atoms with Crippen molar-refractivity contribution in [2.45, 2.75) is 18.3 Å². The molecule has 1 heterocycles. The number of benzene rings is 1. The van der Waals surface area contributed by atoms with Crippen molar-refractivity contribution in [3.8, 4) is 5.75 Å². The van der Waals surface area contributed by atoms with Crippen LogP contribution in [0.1, 0.15) is 6.92 Å². The molecule has 2 amide bonds. The zero-order valence-electron chi connectivity index (χ0n) is 11.7. The molecule has 1 aliphatic rings. The first kappa shape index (κ1) is 15.5. The molecule has 1 aromatic rings. The number of thioether (sulfide) groups is 1. The maximum Gasteiger partial charge on any atom is 0.327 e. The molecule has 2 rings (SSSR count). The topological polar surface area (TPSA) is 78.9 Å². The number of para-hydroxylation sites is 1. The third kappa shape index (κ3) is 4.04. The zero-order chi connectivity index (χ0) is 15.2. The molecule has 21 heavy (non-hydrogen) atoms. The highest BCUT2D eigenvalue weighted by Gasteiger charge is 2.39. The van der Waals surface area contributed by atoms with Crippen LogP contribution in [-0.4, -0.2) is 52.3 Å². The second kappa shape index (κ2) is 7.21. The molecule has 1 aromatic carbocycles. The molecule has 6 nitrogen and oxygen atoms in total. The Morgan fingerprint density at radius 1 is 1.43 bits per heavy atom. The highest BCUT2D eigenvalue weighted by atomic mass is 32.2. The first-order valence-corrected chi connectivity index (χ1v) is 7.73. The number of nitrogens with one attached hydrogen (secondary N) is 1. The smallest absolute Gasteiger partial charge is 0.327 e. The summed E-state index contributed by atoms with van der Waals surface area (Å²) in [6, 6.07) is 8.18. The molecule has 0 radical (unpaired) electrons. The Kier molecular flexibility index (Phi) is 5.32. The fourth-order valence-electron chi connectivity index (χ4n) is 2.08. The first-order chi connectivity index (χ1) is 10.1. The summed E-state index contributed by atoms with van der Waals surface area (Å²) < 4.78 is 5.47. The number of nitrogens with zero attached hydrogens (tertiary/aromatic N) is 1. The van der Waals surface area contributed by atoms with Gasteiger partial charge in [0, 0.05) is 5.75 Å². The van der Waals surface area contributed by atoms with Crippen LogP contribution in [0.3, 0.4) is 0 Å². The van der Waals surface area contributed by atoms with Crippen LogP contribution >= 0.6 is 11.8 Å². The molecule has 0 aliphatic carbocycles. The van der Waals surface area contributed by atoms with Gasteiger partial charge in [0.15, 0.2) is 0 Å². The zero-order valence-corrected chi connectivity index (χ0v) is 12.5. The largest absolute Gasteiger partial charge is 0.492 e. The number of hydrogen-bond donors (Lipinski definition) is 2. The Bertz CT molecular complexity index is 497. The van der Waals surface area contributed by atoms with Crippen LogP contribution in [0.5, 0.6) is 5.75 Å². The van der Waals surface area contributed by atoms with Crippen LogP contribution in [0, 0.1) is 0 Å².